The van der Waals surface area contributed by atoms with Crippen molar-refractivity contribution in [2.24, 2.45) is 0 Å². The minimum absolute atomic E-state index is 0.178. The zero-order chi connectivity index (χ0) is 11.3. The van der Waals surface area contributed by atoms with Crippen molar-refractivity contribution in [2.45, 2.75) is 39.7 Å². The summed E-state index contributed by atoms with van der Waals surface area (Å²) in [6, 6.07) is 0. The standard InChI is InChI=1S/C10H20N4S/c1-5-8-13-14-9(15-8)11-6-7-12-10(2,3)4/h12H,5-7H2,1-4H3,(H,11,14). The van der Waals surface area contributed by atoms with Crippen molar-refractivity contribution in [2.75, 3.05) is 18.4 Å². The predicted molar refractivity (Wildman–Crippen MR) is 65.5 cm³/mol. The van der Waals surface area contributed by atoms with E-state index in [1.54, 1.807) is 11.3 Å². The molecule has 0 spiro atoms. The topological polar surface area (TPSA) is 49.8 Å². The van der Waals surface area contributed by atoms with Gasteiger partial charge in [-0.2, -0.15) is 0 Å². The van der Waals surface area contributed by atoms with Crippen molar-refractivity contribution >= 4 is 16.5 Å². The van der Waals surface area contributed by atoms with Gasteiger partial charge in [0.25, 0.3) is 0 Å². The maximum absolute atomic E-state index is 4.05. The lowest BCUT2D eigenvalue weighted by Gasteiger charge is -2.20. The van der Waals surface area contributed by atoms with E-state index < -0.39 is 0 Å². The van der Waals surface area contributed by atoms with Gasteiger partial charge in [0.2, 0.25) is 5.13 Å². The molecule has 0 unspecified atom stereocenters. The van der Waals surface area contributed by atoms with Gasteiger partial charge in [0.05, 0.1) is 0 Å². The first-order valence-electron chi connectivity index (χ1n) is 5.32. The van der Waals surface area contributed by atoms with E-state index >= 15 is 0 Å². The van der Waals surface area contributed by atoms with Crippen molar-refractivity contribution in [3.8, 4) is 0 Å². The van der Waals surface area contributed by atoms with Crippen LogP contribution in [0.3, 0.4) is 0 Å². The van der Waals surface area contributed by atoms with E-state index in [1.165, 1.54) is 0 Å². The molecule has 0 aliphatic carbocycles. The van der Waals surface area contributed by atoms with Crippen LogP contribution in [0.5, 0.6) is 0 Å². The minimum atomic E-state index is 0.178. The third-order valence-electron chi connectivity index (χ3n) is 1.83. The first-order chi connectivity index (χ1) is 7.01. The molecule has 0 aromatic carbocycles. The summed E-state index contributed by atoms with van der Waals surface area (Å²) in [5, 5.41) is 16.8. The summed E-state index contributed by atoms with van der Waals surface area (Å²) >= 11 is 1.63. The Labute approximate surface area is 95.5 Å². The molecule has 0 atom stereocenters. The highest BCUT2D eigenvalue weighted by Crippen LogP contribution is 2.14. The second kappa shape index (κ2) is 5.42. The highest BCUT2D eigenvalue weighted by molar-refractivity contribution is 7.15. The zero-order valence-corrected chi connectivity index (χ0v) is 10.7. The summed E-state index contributed by atoms with van der Waals surface area (Å²) in [6.07, 6.45) is 0.958. The molecule has 15 heavy (non-hydrogen) atoms. The number of anilines is 1. The van der Waals surface area contributed by atoms with Crippen LogP contribution < -0.4 is 10.6 Å². The molecule has 0 bridgehead atoms. The van der Waals surface area contributed by atoms with Gasteiger partial charge in [0, 0.05) is 18.6 Å². The molecule has 0 saturated heterocycles. The highest BCUT2D eigenvalue weighted by atomic mass is 32.1. The number of hydrogen-bond donors (Lipinski definition) is 2. The van der Waals surface area contributed by atoms with E-state index in [2.05, 4.69) is 48.5 Å². The second-order valence-electron chi connectivity index (χ2n) is 4.46. The Morgan fingerprint density at radius 3 is 2.47 bits per heavy atom. The molecular formula is C10H20N4S. The fourth-order valence-electron chi connectivity index (χ4n) is 1.07. The van der Waals surface area contributed by atoms with Crippen molar-refractivity contribution in [3.05, 3.63) is 5.01 Å². The van der Waals surface area contributed by atoms with Crippen molar-refractivity contribution < 1.29 is 0 Å². The van der Waals surface area contributed by atoms with Crippen LogP contribution in [0.1, 0.15) is 32.7 Å². The number of aromatic nitrogens is 2. The van der Waals surface area contributed by atoms with E-state index in [9.17, 15) is 0 Å². The Balaban J connectivity index is 2.20. The molecule has 0 aliphatic heterocycles. The Hall–Kier alpha value is -0.680. The van der Waals surface area contributed by atoms with Crippen LogP contribution in [0.25, 0.3) is 0 Å². The van der Waals surface area contributed by atoms with Gasteiger partial charge in [0.1, 0.15) is 5.01 Å². The lowest BCUT2D eigenvalue weighted by Crippen LogP contribution is -2.38. The molecule has 2 N–H and O–H groups in total. The monoisotopic (exact) mass is 228 g/mol. The smallest absolute Gasteiger partial charge is 0.205 e. The zero-order valence-electron chi connectivity index (χ0n) is 9.92. The quantitative estimate of drug-likeness (QED) is 0.756. The number of hydrogen-bond acceptors (Lipinski definition) is 5. The lowest BCUT2D eigenvalue weighted by molar-refractivity contribution is 0.435. The molecule has 0 radical (unpaired) electrons. The van der Waals surface area contributed by atoms with Gasteiger partial charge in [-0.05, 0) is 27.2 Å². The third-order valence-corrected chi connectivity index (χ3v) is 2.85. The number of aryl methyl sites for hydroxylation is 1. The second-order valence-corrected chi connectivity index (χ2v) is 5.52. The summed E-state index contributed by atoms with van der Waals surface area (Å²) in [5.41, 5.74) is 0.178. The van der Waals surface area contributed by atoms with Gasteiger partial charge >= 0.3 is 0 Å². The first-order valence-corrected chi connectivity index (χ1v) is 6.14. The highest BCUT2D eigenvalue weighted by Gasteiger charge is 2.07. The van der Waals surface area contributed by atoms with Crippen molar-refractivity contribution in [1.29, 1.82) is 0 Å². The first kappa shape index (κ1) is 12.4. The third kappa shape index (κ3) is 5.09. The summed E-state index contributed by atoms with van der Waals surface area (Å²) < 4.78 is 0. The van der Waals surface area contributed by atoms with E-state index in [4.69, 9.17) is 0 Å². The molecule has 86 valence electrons. The molecule has 1 rings (SSSR count). The number of nitrogens with zero attached hydrogens (tertiary/aromatic N) is 2. The van der Waals surface area contributed by atoms with E-state index in [1.807, 2.05) is 0 Å². The SMILES string of the molecule is CCc1nnc(NCCNC(C)(C)C)s1. The van der Waals surface area contributed by atoms with Gasteiger partial charge in [-0.25, -0.2) is 0 Å². The molecule has 1 aromatic rings. The molecular weight excluding hydrogens is 208 g/mol. The average molecular weight is 228 g/mol. The molecule has 5 heteroatoms. The molecule has 0 fully saturated rings. The fraction of sp³-hybridized carbons (Fsp3) is 0.800. The summed E-state index contributed by atoms with van der Waals surface area (Å²) in [7, 11) is 0. The largest absolute Gasteiger partial charge is 0.359 e. The molecule has 0 aliphatic rings. The average Bonchev–Trinajstić information content (AvgIpc) is 2.59. The Morgan fingerprint density at radius 1 is 1.20 bits per heavy atom. The molecule has 0 amide bonds. The molecule has 4 nitrogen and oxygen atoms in total. The van der Waals surface area contributed by atoms with Crippen LogP contribution in [0.15, 0.2) is 0 Å². The normalized spacial score (nSPS) is 11.7. The summed E-state index contributed by atoms with van der Waals surface area (Å²) in [6.45, 7) is 10.4. The van der Waals surface area contributed by atoms with Crippen LogP contribution in [0.2, 0.25) is 0 Å². The van der Waals surface area contributed by atoms with Crippen molar-refractivity contribution in [1.82, 2.24) is 15.5 Å². The summed E-state index contributed by atoms with van der Waals surface area (Å²) in [5.74, 6) is 0. The van der Waals surface area contributed by atoms with E-state index in [-0.39, 0.29) is 5.54 Å². The van der Waals surface area contributed by atoms with E-state index in [0.717, 1.165) is 29.6 Å². The van der Waals surface area contributed by atoms with Gasteiger partial charge in [-0.3, -0.25) is 0 Å². The van der Waals surface area contributed by atoms with E-state index in [0.29, 0.717) is 0 Å². The van der Waals surface area contributed by atoms with Gasteiger partial charge in [0.15, 0.2) is 0 Å². The van der Waals surface area contributed by atoms with Gasteiger partial charge in [-0.1, -0.05) is 18.3 Å². The van der Waals surface area contributed by atoms with Gasteiger partial charge < -0.3 is 10.6 Å². The Bertz CT molecular complexity index is 290. The van der Waals surface area contributed by atoms with Crippen LogP contribution in [0.4, 0.5) is 5.13 Å². The number of nitrogens with one attached hydrogen (secondary N) is 2. The van der Waals surface area contributed by atoms with Crippen LogP contribution >= 0.6 is 11.3 Å². The minimum Gasteiger partial charge on any atom is -0.359 e. The number of rotatable bonds is 5. The van der Waals surface area contributed by atoms with Gasteiger partial charge in [-0.15, -0.1) is 10.2 Å². The lowest BCUT2D eigenvalue weighted by atomic mass is 10.1. The van der Waals surface area contributed by atoms with Crippen LogP contribution in [0, 0.1) is 0 Å². The van der Waals surface area contributed by atoms with Crippen LogP contribution in [-0.2, 0) is 6.42 Å². The fourth-order valence-corrected chi connectivity index (χ4v) is 1.78. The predicted octanol–water partition coefficient (Wildman–Crippen LogP) is 1.90. The maximum atomic E-state index is 4.05. The molecule has 1 aromatic heterocycles. The molecule has 0 saturated carbocycles. The maximum Gasteiger partial charge on any atom is 0.205 e. The van der Waals surface area contributed by atoms with Crippen LogP contribution in [-0.4, -0.2) is 28.8 Å². The Morgan fingerprint density at radius 2 is 1.93 bits per heavy atom. The summed E-state index contributed by atoms with van der Waals surface area (Å²) in [4.78, 5) is 0. The van der Waals surface area contributed by atoms with Crippen molar-refractivity contribution in [3.63, 3.8) is 0 Å². The molecule has 1 heterocycles. The Kier molecular flexibility index (Phi) is 4.47.